The van der Waals surface area contributed by atoms with Gasteiger partial charge in [-0.2, -0.15) is 0 Å². The molecule has 1 amide bonds. The van der Waals surface area contributed by atoms with Gasteiger partial charge >= 0.3 is 0 Å². The zero-order chi connectivity index (χ0) is 15.4. The molecule has 0 fully saturated rings. The minimum absolute atomic E-state index is 0.0384. The number of benzene rings is 2. The normalized spacial score (nSPS) is 12.0. The predicted octanol–water partition coefficient (Wildman–Crippen LogP) is 5.23. The molecule has 0 radical (unpaired) electrons. The maximum atomic E-state index is 12.2. The zero-order valence-electron chi connectivity index (χ0n) is 11.4. The van der Waals surface area contributed by atoms with E-state index in [4.69, 9.17) is 11.6 Å². The van der Waals surface area contributed by atoms with E-state index in [1.165, 1.54) is 5.56 Å². The largest absolute Gasteiger partial charge is 0.349 e. The van der Waals surface area contributed by atoms with Crippen LogP contribution in [0.1, 0.15) is 22.8 Å². The van der Waals surface area contributed by atoms with Crippen molar-refractivity contribution in [3.8, 4) is 0 Å². The first kappa shape index (κ1) is 16.5. The molecule has 0 aliphatic carbocycles. The van der Waals surface area contributed by atoms with E-state index in [-0.39, 0.29) is 11.9 Å². The quantitative estimate of drug-likeness (QED) is 0.706. The van der Waals surface area contributed by atoms with Gasteiger partial charge in [0, 0.05) is 25.6 Å². The van der Waals surface area contributed by atoms with E-state index in [0.717, 1.165) is 15.4 Å². The van der Waals surface area contributed by atoms with Crippen molar-refractivity contribution in [3.05, 3.63) is 67.6 Å². The van der Waals surface area contributed by atoms with Crippen LogP contribution < -0.4 is 5.32 Å². The molecule has 2 rings (SSSR count). The Morgan fingerprint density at radius 3 is 2.43 bits per heavy atom. The average molecular weight is 432 g/mol. The van der Waals surface area contributed by atoms with Crippen LogP contribution in [0.2, 0.25) is 5.02 Å². The van der Waals surface area contributed by atoms with Crippen LogP contribution in [0, 0.1) is 0 Å². The Kier molecular flexibility index (Phi) is 5.85. The topological polar surface area (TPSA) is 29.1 Å². The van der Waals surface area contributed by atoms with Crippen molar-refractivity contribution in [2.45, 2.75) is 19.4 Å². The lowest BCUT2D eigenvalue weighted by Gasteiger charge is -2.14. The standard InChI is InChI=1S/C16H14Br2ClNO/c1-10(6-11-2-4-13(17)5-3-11)20-16(21)12-7-14(18)9-15(19)8-12/h2-5,7-10H,6H2,1H3,(H,20,21). The van der Waals surface area contributed by atoms with E-state index >= 15 is 0 Å². The molecule has 0 saturated carbocycles. The predicted molar refractivity (Wildman–Crippen MR) is 93.9 cm³/mol. The molecule has 0 aromatic heterocycles. The SMILES string of the molecule is CC(Cc1ccc(Br)cc1)NC(=O)c1cc(Cl)cc(Br)c1. The van der Waals surface area contributed by atoms with Crippen molar-refractivity contribution in [1.29, 1.82) is 0 Å². The van der Waals surface area contributed by atoms with Gasteiger partial charge in [-0.15, -0.1) is 0 Å². The second-order valence-corrected chi connectivity index (χ2v) is 7.13. The molecule has 110 valence electrons. The number of carbonyl (C=O) groups is 1. The fourth-order valence-corrected chi connectivity index (χ4v) is 3.14. The van der Waals surface area contributed by atoms with Gasteiger partial charge in [0.05, 0.1) is 0 Å². The van der Waals surface area contributed by atoms with Gasteiger partial charge < -0.3 is 5.32 Å². The van der Waals surface area contributed by atoms with Gasteiger partial charge in [0.15, 0.2) is 0 Å². The first-order chi connectivity index (χ1) is 9.94. The summed E-state index contributed by atoms with van der Waals surface area (Å²) in [7, 11) is 0. The lowest BCUT2D eigenvalue weighted by Crippen LogP contribution is -2.34. The van der Waals surface area contributed by atoms with Gasteiger partial charge in [0.2, 0.25) is 0 Å². The first-order valence-electron chi connectivity index (χ1n) is 6.45. The van der Waals surface area contributed by atoms with Gasteiger partial charge in [-0.05, 0) is 49.2 Å². The molecule has 2 aromatic rings. The van der Waals surface area contributed by atoms with Crippen molar-refractivity contribution in [3.63, 3.8) is 0 Å². The molecule has 0 bridgehead atoms. The molecule has 1 atom stereocenters. The Balaban J connectivity index is 2.00. The molecule has 0 heterocycles. The Labute approximate surface area is 146 Å². The minimum atomic E-state index is -0.122. The maximum absolute atomic E-state index is 12.2. The van der Waals surface area contributed by atoms with E-state index in [1.54, 1.807) is 18.2 Å². The average Bonchev–Trinajstić information content (AvgIpc) is 2.40. The van der Waals surface area contributed by atoms with E-state index in [1.807, 2.05) is 31.2 Å². The molecule has 2 aromatic carbocycles. The number of amides is 1. The number of halogens is 3. The summed E-state index contributed by atoms with van der Waals surface area (Å²) in [6, 6.07) is 13.3. The molecule has 0 saturated heterocycles. The van der Waals surface area contributed by atoms with Crippen LogP contribution in [-0.4, -0.2) is 11.9 Å². The van der Waals surface area contributed by atoms with Crippen molar-refractivity contribution in [2.75, 3.05) is 0 Å². The number of rotatable bonds is 4. The summed E-state index contributed by atoms with van der Waals surface area (Å²) in [6.45, 7) is 1.99. The molecule has 0 spiro atoms. The lowest BCUT2D eigenvalue weighted by atomic mass is 10.1. The van der Waals surface area contributed by atoms with E-state index in [0.29, 0.717) is 10.6 Å². The van der Waals surface area contributed by atoms with Crippen molar-refractivity contribution >= 4 is 49.4 Å². The van der Waals surface area contributed by atoms with Crippen LogP contribution in [0.3, 0.4) is 0 Å². The highest BCUT2D eigenvalue weighted by molar-refractivity contribution is 9.10. The summed E-state index contributed by atoms with van der Waals surface area (Å²) >= 11 is 12.7. The number of hydrogen-bond donors (Lipinski definition) is 1. The van der Waals surface area contributed by atoms with Crippen molar-refractivity contribution in [1.82, 2.24) is 5.32 Å². The fraction of sp³-hybridized carbons (Fsp3) is 0.188. The van der Waals surface area contributed by atoms with E-state index in [2.05, 4.69) is 37.2 Å². The monoisotopic (exact) mass is 429 g/mol. The zero-order valence-corrected chi connectivity index (χ0v) is 15.3. The van der Waals surface area contributed by atoms with Crippen molar-refractivity contribution < 1.29 is 4.79 Å². The Bertz CT molecular complexity index is 623. The summed E-state index contributed by atoms with van der Waals surface area (Å²) in [5.74, 6) is -0.122. The van der Waals surface area contributed by atoms with Crippen LogP contribution in [-0.2, 0) is 6.42 Å². The molecular formula is C16H14Br2ClNO. The summed E-state index contributed by atoms with van der Waals surface area (Å²) < 4.78 is 1.84. The number of hydrogen-bond acceptors (Lipinski definition) is 1. The molecular weight excluding hydrogens is 417 g/mol. The summed E-state index contributed by atoms with van der Waals surface area (Å²) in [5.41, 5.74) is 1.73. The third-order valence-electron chi connectivity index (χ3n) is 2.96. The summed E-state index contributed by atoms with van der Waals surface area (Å²) in [5, 5.41) is 3.52. The van der Waals surface area contributed by atoms with Gasteiger partial charge in [-0.25, -0.2) is 0 Å². The summed E-state index contributed by atoms with van der Waals surface area (Å²) in [4.78, 5) is 12.2. The van der Waals surface area contributed by atoms with Crippen LogP contribution in [0.15, 0.2) is 51.4 Å². The molecule has 1 N–H and O–H groups in total. The first-order valence-corrected chi connectivity index (χ1v) is 8.42. The van der Waals surface area contributed by atoms with Gasteiger partial charge in [-0.1, -0.05) is 55.6 Å². The lowest BCUT2D eigenvalue weighted by molar-refractivity contribution is 0.0940. The number of nitrogens with one attached hydrogen (secondary N) is 1. The van der Waals surface area contributed by atoms with Crippen molar-refractivity contribution in [2.24, 2.45) is 0 Å². The Hall–Kier alpha value is -0.840. The Morgan fingerprint density at radius 1 is 1.14 bits per heavy atom. The van der Waals surface area contributed by atoms with Crippen LogP contribution in [0.4, 0.5) is 0 Å². The fourth-order valence-electron chi connectivity index (χ4n) is 2.02. The number of carbonyl (C=O) groups excluding carboxylic acids is 1. The third-order valence-corrected chi connectivity index (χ3v) is 4.16. The van der Waals surface area contributed by atoms with Crippen LogP contribution in [0.5, 0.6) is 0 Å². The molecule has 2 nitrogen and oxygen atoms in total. The molecule has 21 heavy (non-hydrogen) atoms. The second kappa shape index (κ2) is 7.43. The highest BCUT2D eigenvalue weighted by atomic mass is 79.9. The molecule has 1 unspecified atom stereocenters. The van der Waals surface area contributed by atoms with Crippen LogP contribution in [0.25, 0.3) is 0 Å². The second-order valence-electron chi connectivity index (χ2n) is 4.86. The van der Waals surface area contributed by atoms with Gasteiger partial charge in [0.1, 0.15) is 0 Å². The molecule has 0 aliphatic rings. The van der Waals surface area contributed by atoms with E-state index < -0.39 is 0 Å². The Morgan fingerprint density at radius 2 is 1.81 bits per heavy atom. The minimum Gasteiger partial charge on any atom is -0.349 e. The van der Waals surface area contributed by atoms with Gasteiger partial charge in [-0.3, -0.25) is 4.79 Å². The smallest absolute Gasteiger partial charge is 0.251 e. The summed E-state index contributed by atoms with van der Waals surface area (Å²) in [6.07, 6.45) is 0.779. The molecule has 5 heteroatoms. The highest BCUT2D eigenvalue weighted by Gasteiger charge is 2.11. The van der Waals surface area contributed by atoms with Gasteiger partial charge in [0.25, 0.3) is 5.91 Å². The molecule has 0 aliphatic heterocycles. The van der Waals surface area contributed by atoms with E-state index in [9.17, 15) is 4.79 Å². The maximum Gasteiger partial charge on any atom is 0.251 e. The third kappa shape index (κ3) is 5.13. The van der Waals surface area contributed by atoms with Crippen LogP contribution >= 0.6 is 43.5 Å². The highest BCUT2D eigenvalue weighted by Crippen LogP contribution is 2.19.